The maximum Gasteiger partial charge on any atom is 0.0684 e. The number of hydrogen-bond donors (Lipinski definition) is 1. The van der Waals surface area contributed by atoms with E-state index < -0.39 is 0 Å². The highest BCUT2D eigenvalue weighted by Crippen LogP contribution is 2.17. The molecule has 0 unspecified atom stereocenters. The minimum atomic E-state index is 0.124. The summed E-state index contributed by atoms with van der Waals surface area (Å²) in [5, 5.41) is 14.6. The van der Waals surface area contributed by atoms with Gasteiger partial charge in [0.05, 0.1) is 6.61 Å². The van der Waals surface area contributed by atoms with Crippen LogP contribution in [0.2, 0.25) is 0 Å². The smallest absolute Gasteiger partial charge is 0.0684 e. The molecule has 2 aromatic rings. The predicted octanol–water partition coefficient (Wildman–Crippen LogP) is 3.62. The molecule has 3 heteroatoms. The second-order valence-corrected chi connectivity index (χ2v) is 6.56. The van der Waals surface area contributed by atoms with Crippen LogP contribution in [0.4, 0.5) is 0 Å². The molecule has 0 saturated carbocycles. The number of aliphatic hydroxyl groups is 1. The van der Waals surface area contributed by atoms with Gasteiger partial charge >= 0.3 is 0 Å². The van der Waals surface area contributed by atoms with Gasteiger partial charge in [-0.05, 0) is 36.0 Å². The summed E-state index contributed by atoms with van der Waals surface area (Å²) in [7, 11) is 0. The van der Waals surface area contributed by atoms with E-state index in [1.807, 2.05) is 12.1 Å². The molecule has 1 N–H and O–H groups in total. The third-order valence-electron chi connectivity index (χ3n) is 4.87. The fourth-order valence-electron chi connectivity index (χ4n) is 3.48. The van der Waals surface area contributed by atoms with Crippen molar-refractivity contribution in [1.82, 2.24) is 10.0 Å². The molecule has 0 radical (unpaired) electrons. The van der Waals surface area contributed by atoms with Gasteiger partial charge in [0.15, 0.2) is 0 Å². The molecular formula is C21H28N2O. The Morgan fingerprint density at radius 1 is 0.833 bits per heavy atom. The summed E-state index contributed by atoms with van der Waals surface area (Å²) >= 11 is 0. The molecule has 1 heterocycles. The normalized spacial score (nSPS) is 15.8. The number of hydrazine groups is 1. The lowest BCUT2D eigenvalue weighted by atomic mass is 10.0. The van der Waals surface area contributed by atoms with E-state index in [-0.39, 0.29) is 6.61 Å². The van der Waals surface area contributed by atoms with Crippen molar-refractivity contribution < 1.29 is 5.11 Å². The first-order valence-corrected chi connectivity index (χ1v) is 9.08. The van der Waals surface area contributed by atoms with Crippen LogP contribution in [0.5, 0.6) is 0 Å². The average molecular weight is 324 g/mol. The molecule has 0 aromatic heterocycles. The Balaban J connectivity index is 1.69. The zero-order chi connectivity index (χ0) is 16.6. The van der Waals surface area contributed by atoms with Crippen molar-refractivity contribution in [3.05, 3.63) is 71.3 Å². The summed E-state index contributed by atoms with van der Waals surface area (Å²) in [6, 6.07) is 19.0. The van der Waals surface area contributed by atoms with E-state index in [4.69, 9.17) is 0 Å². The first kappa shape index (κ1) is 17.2. The van der Waals surface area contributed by atoms with Crippen molar-refractivity contribution in [3.8, 4) is 0 Å². The van der Waals surface area contributed by atoms with Crippen molar-refractivity contribution in [2.75, 3.05) is 19.6 Å². The van der Waals surface area contributed by atoms with E-state index in [1.54, 1.807) is 0 Å². The molecule has 0 atom stereocenters. The van der Waals surface area contributed by atoms with Gasteiger partial charge in [-0.3, -0.25) is 0 Å². The fourth-order valence-corrected chi connectivity index (χ4v) is 3.48. The molecule has 1 aliphatic heterocycles. The SMILES string of the molecule is OCc1ccccc1CCN(Cc1ccccc1)N1CCCCC1. The van der Waals surface area contributed by atoms with E-state index >= 15 is 0 Å². The Morgan fingerprint density at radius 2 is 1.50 bits per heavy atom. The minimum absolute atomic E-state index is 0.124. The van der Waals surface area contributed by atoms with Gasteiger partial charge in [-0.15, -0.1) is 0 Å². The minimum Gasteiger partial charge on any atom is -0.392 e. The van der Waals surface area contributed by atoms with Gasteiger partial charge in [-0.25, -0.2) is 10.0 Å². The Morgan fingerprint density at radius 3 is 2.21 bits per heavy atom. The van der Waals surface area contributed by atoms with Crippen LogP contribution in [0.25, 0.3) is 0 Å². The highest BCUT2D eigenvalue weighted by Gasteiger charge is 2.18. The molecule has 0 amide bonds. The number of rotatable bonds is 7. The largest absolute Gasteiger partial charge is 0.392 e. The Hall–Kier alpha value is -1.68. The zero-order valence-corrected chi connectivity index (χ0v) is 14.4. The van der Waals surface area contributed by atoms with Crippen LogP contribution in [-0.4, -0.2) is 34.8 Å². The summed E-state index contributed by atoms with van der Waals surface area (Å²) in [4.78, 5) is 0. The summed E-state index contributed by atoms with van der Waals surface area (Å²) in [6.07, 6.45) is 4.90. The van der Waals surface area contributed by atoms with Gasteiger partial charge in [0.1, 0.15) is 0 Å². The first-order valence-electron chi connectivity index (χ1n) is 9.08. The molecule has 24 heavy (non-hydrogen) atoms. The number of benzene rings is 2. The summed E-state index contributed by atoms with van der Waals surface area (Å²) in [6.45, 7) is 4.40. The van der Waals surface area contributed by atoms with Crippen molar-refractivity contribution in [3.63, 3.8) is 0 Å². The van der Waals surface area contributed by atoms with E-state index in [0.29, 0.717) is 0 Å². The maximum atomic E-state index is 9.54. The van der Waals surface area contributed by atoms with Crippen molar-refractivity contribution >= 4 is 0 Å². The summed E-state index contributed by atoms with van der Waals surface area (Å²) < 4.78 is 0. The van der Waals surface area contributed by atoms with Crippen molar-refractivity contribution in [2.24, 2.45) is 0 Å². The van der Waals surface area contributed by atoms with Crippen LogP contribution in [0, 0.1) is 0 Å². The zero-order valence-electron chi connectivity index (χ0n) is 14.4. The Bertz CT molecular complexity index is 608. The second kappa shape index (κ2) is 8.97. The van der Waals surface area contributed by atoms with Crippen molar-refractivity contribution in [1.29, 1.82) is 0 Å². The standard InChI is InChI=1S/C21H28N2O/c24-18-21-12-6-5-11-20(21)13-16-23(22-14-7-2-8-15-22)17-19-9-3-1-4-10-19/h1,3-6,9-12,24H,2,7-8,13-18H2. The fraction of sp³-hybridized carbons (Fsp3) is 0.429. The van der Waals surface area contributed by atoms with E-state index in [9.17, 15) is 5.11 Å². The number of nitrogens with zero attached hydrogens (tertiary/aromatic N) is 2. The van der Waals surface area contributed by atoms with Gasteiger partial charge < -0.3 is 5.11 Å². The van der Waals surface area contributed by atoms with E-state index in [1.165, 1.54) is 30.4 Å². The molecule has 2 aromatic carbocycles. The highest BCUT2D eigenvalue weighted by atomic mass is 16.3. The van der Waals surface area contributed by atoms with Gasteiger partial charge in [-0.1, -0.05) is 61.0 Å². The van der Waals surface area contributed by atoms with Gasteiger partial charge in [-0.2, -0.15) is 0 Å². The summed E-state index contributed by atoms with van der Waals surface area (Å²) in [5.74, 6) is 0. The quantitative estimate of drug-likeness (QED) is 0.842. The van der Waals surface area contributed by atoms with Crippen LogP contribution in [0.15, 0.2) is 54.6 Å². The third-order valence-corrected chi connectivity index (χ3v) is 4.87. The molecule has 0 aliphatic carbocycles. The average Bonchev–Trinajstić information content (AvgIpc) is 2.67. The van der Waals surface area contributed by atoms with Gasteiger partial charge in [0, 0.05) is 26.2 Å². The molecule has 3 nitrogen and oxygen atoms in total. The molecule has 1 saturated heterocycles. The number of aliphatic hydroxyl groups excluding tert-OH is 1. The first-order chi connectivity index (χ1) is 11.9. The molecular weight excluding hydrogens is 296 g/mol. The predicted molar refractivity (Wildman–Crippen MR) is 98.3 cm³/mol. The lowest BCUT2D eigenvalue weighted by Gasteiger charge is -2.37. The molecule has 0 bridgehead atoms. The summed E-state index contributed by atoms with van der Waals surface area (Å²) in [5.41, 5.74) is 3.67. The topological polar surface area (TPSA) is 26.7 Å². The molecule has 3 rings (SSSR count). The molecule has 1 fully saturated rings. The van der Waals surface area contributed by atoms with Gasteiger partial charge in [0.2, 0.25) is 0 Å². The monoisotopic (exact) mass is 324 g/mol. The maximum absolute atomic E-state index is 9.54. The van der Waals surface area contributed by atoms with Crippen LogP contribution in [-0.2, 0) is 19.6 Å². The van der Waals surface area contributed by atoms with Crippen LogP contribution >= 0.6 is 0 Å². The second-order valence-electron chi connectivity index (χ2n) is 6.56. The van der Waals surface area contributed by atoms with Crippen molar-refractivity contribution in [2.45, 2.75) is 38.8 Å². The van der Waals surface area contributed by atoms with Gasteiger partial charge in [0.25, 0.3) is 0 Å². The Labute approximate surface area is 145 Å². The lowest BCUT2D eigenvalue weighted by molar-refractivity contribution is -0.0460. The van der Waals surface area contributed by atoms with E-state index in [0.717, 1.165) is 38.2 Å². The van der Waals surface area contributed by atoms with Crippen LogP contribution in [0.3, 0.4) is 0 Å². The third kappa shape index (κ3) is 4.67. The van der Waals surface area contributed by atoms with Crippen LogP contribution < -0.4 is 0 Å². The lowest BCUT2D eigenvalue weighted by Crippen LogP contribution is -2.46. The van der Waals surface area contributed by atoms with Crippen LogP contribution in [0.1, 0.15) is 36.0 Å². The number of hydrogen-bond acceptors (Lipinski definition) is 3. The molecule has 0 spiro atoms. The number of piperidine rings is 1. The van der Waals surface area contributed by atoms with E-state index in [2.05, 4.69) is 52.5 Å². The molecule has 1 aliphatic rings. The highest BCUT2D eigenvalue weighted by molar-refractivity contribution is 5.26. The Kier molecular flexibility index (Phi) is 6.41. The molecule has 128 valence electrons.